The molecule has 0 radical (unpaired) electrons. The topological polar surface area (TPSA) is 63.1 Å². The second-order valence-electron chi connectivity index (χ2n) is 8.07. The number of carbonyl (C=O) groups excluding carboxylic acids is 1. The minimum atomic E-state index is -0.181. The van der Waals surface area contributed by atoms with Crippen molar-refractivity contribution in [2.45, 2.75) is 52.0 Å². The fourth-order valence-corrected chi connectivity index (χ4v) is 3.12. The number of amides is 1. The van der Waals surface area contributed by atoms with Crippen LogP contribution in [-0.2, 0) is 5.54 Å². The Labute approximate surface area is 149 Å². The lowest BCUT2D eigenvalue weighted by Gasteiger charge is -2.21. The van der Waals surface area contributed by atoms with Crippen LogP contribution in [-0.4, -0.2) is 52.8 Å². The Morgan fingerprint density at radius 3 is 2.64 bits per heavy atom. The van der Waals surface area contributed by atoms with E-state index in [1.54, 1.807) is 4.90 Å². The van der Waals surface area contributed by atoms with Crippen LogP contribution < -0.4 is 5.32 Å². The molecule has 0 aliphatic heterocycles. The summed E-state index contributed by atoms with van der Waals surface area (Å²) >= 11 is 0. The first-order chi connectivity index (χ1) is 11.7. The zero-order chi connectivity index (χ0) is 18.4. The fraction of sp³-hybridized carbons (Fsp3) is 0.632. The van der Waals surface area contributed by atoms with E-state index in [-0.39, 0.29) is 11.4 Å². The zero-order valence-corrected chi connectivity index (χ0v) is 16.2. The van der Waals surface area contributed by atoms with Gasteiger partial charge in [0.05, 0.1) is 22.2 Å². The molecule has 0 atom stereocenters. The lowest BCUT2D eigenvalue weighted by Crippen LogP contribution is -2.33. The maximum atomic E-state index is 13.1. The average molecular weight is 343 g/mol. The van der Waals surface area contributed by atoms with Crippen molar-refractivity contribution < 1.29 is 4.79 Å². The van der Waals surface area contributed by atoms with Crippen molar-refractivity contribution in [3.63, 3.8) is 0 Å². The van der Waals surface area contributed by atoms with Crippen LogP contribution in [0.25, 0.3) is 11.0 Å². The predicted octanol–water partition coefficient (Wildman–Crippen LogP) is 2.66. The first-order valence-corrected chi connectivity index (χ1v) is 9.05. The Hall–Kier alpha value is -1.95. The number of likely N-dealkylation sites (N-methyl/N-ethyl adjacent to an activating group) is 2. The molecular formula is C19H29N5O. The molecule has 0 spiro atoms. The molecule has 0 bridgehead atoms. The number of fused-ring (bicyclic) bond motifs is 1. The maximum absolute atomic E-state index is 13.1. The molecule has 3 rings (SSSR count). The standard InChI is InChI=1S/C19H29N5O/c1-12-16-14(18(25)23(6)10-9-20-5)11-15(13-7-8-13)21-17(16)24(22-12)19(2,3)4/h11,13,20H,7-10H2,1-6H3. The van der Waals surface area contributed by atoms with Crippen LogP contribution in [0.5, 0.6) is 0 Å². The van der Waals surface area contributed by atoms with E-state index in [1.165, 1.54) is 0 Å². The van der Waals surface area contributed by atoms with E-state index in [4.69, 9.17) is 10.1 Å². The highest BCUT2D eigenvalue weighted by molar-refractivity contribution is 6.06. The van der Waals surface area contributed by atoms with Gasteiger partial charge in [-0.25, -0.2) is 9.67 Å². The predicted molar refractivity (Wildman–Crippen MR) is 100 cm³/mol. The van der Waals surface area contributed by atoms with Crippen LogP contribution in [0.3, 0.4) is 0 Å². The summed E-state index contributed by atoms with van der Waals surface area (Å²) in [6.45, 7) is 9.75. The Balaban J connectivity index is 2.16. The SMILES string of the molecule is CNCCN(C)C(=O)c1cc(C2CC2)nc2c1c(C)nn2C(C)(C)C. The average Bonchev–Trinajstić information content (AvgIpc) is 3.34. The molecule has 1 aliphatic rings. The van der Waals surface area contributed by atoms with Gasteiger partial charge in [0, 0.05) is 31.7 Å². The zero-order valence-electron chi connectivity index (χ0n) is 16.2. The molecule has 6 nitrogen and oxygen atoms in total. The molecule has 1 fully saturated rings. The molecule has 0 aromatic carbocycles. The van der Waals surface area contributed by atoms with Crippen molar-refractivity contribution >= 4 is 16.9 Å². The van der Waals surface area contributed by atoms with Crippen LogP contribution in [0.4, 0.5) is 0 Å². The molecule has 2 heterocycles. The highest BCUT2D eigenvalue weighted by atomic mass is 16.2. The summed E-state index contributed by atoms with van der Waals surface area (Å²) in [5.41, 5.74) is 3.28. The van der Waals surface area contributed by atoms with Crippen molar-refractivity contribution in [3.05, 3.63) is 23.0 Å². The summed E-state index contributed by atoms with van der Waals surface area (Å²) in [4.78, 5) is 19.8. The number of nitrogens with one attached hydrogen (secondary N) is 1. The molecule has 0 saturated heterocycles. The summed E-state index contributed by atoms with van der Waals surface area (Å²) in [6, 6.07) is 2.00. The van der Waals surface area contributed by atoms with Crippen molar-refractivity contribution in [1.82, 2.24) is 25.0 Å². The van der Waals surface area contributed by atoms with Gasteiger partial charge in [-0.3, -0.25) is 4.79 Å². The van der Waals surface area contributed by atoms with Gasteiger partial charge in [0.15, 0.2) is 5.65 Å². The summed E-state index contributed by atoms with van der Waals surface area (Å²) in [6.07, 6.45) is 2.31. The molecule has 1 amide bonds. The van der Waals surface area contributed by atoms with E-state index < -0.39 is 0 Å². The summed E-state index contributed by atoms with van der Waals surface area (Å²) in [7, 11) is 3.75. The van der Waals surface area contributed by atoms with E-state index in [1.807, 2.05) is 31.8 Å². The van der Waals surface area contributed by atoms with Gasteiger partial charge in [-0.2, -0.15) is 5.10 Å². The van der Waals surface area contributed by atoms with E-state index in [0.717, 1.165) is 47.4 Å². The summed E-state index contributed by atoms with van der Waals surface area (Å²) in [5.74, 6) is 0.531. The lowest BCUT2D eigenvalue weighted by atomic mass is 10.1. The fourth-order valence-electron chi connectivity index (χ4n) is 3.12. The number of hydrogen-bond acceptors (Lipinski definition) is 4. The van der Waals surface area contributed by atoms with Crippen LogP contribution in [0, 0.1) is 6.92 Å². The van der Waals surface area contributed by atoms with Gasteiger partial charge in [0.25, 0.3) is 5.91 Å². The monoisotopic (exact) mass is 343 g/mol. The highest BCUT2D eigenvalue weighted by Gasteiger charge is 2.30. The van der Waals surface area contributed by atoms with Crippen molar-refractivity contribution in [2.24, 2.45) is 0 Å². The van der Waals surface area contributed by atoms with Crippen LogP contribution >= 0.6 is 0 Å². The number of rotatable bonds is 5. The third-order valence-electron chi connectivity index (χ3n) is 4.74. The number of nitrogens with zero attached hydrogens (tertiary/aromatic N) is 4. The van der Waals surface area contributed by atoms with E-state index in [0.29, 0.717) is 12.5 Å². The van der Waals surface area contributed by atoms with E-state index in [9.17, 15) is 4.79 Å². The molecule has 2 aromatic rings. The van der Waals surface area contributed by atoms with Crippen LogP contribution in [0.1, 0.15) is 61.3 Å². The third kappa shape index (κ3) is 3.40. The second-order valence-corrected chi connectivity index (χ2v) is 8.07. The normalized spacial score (nSPS) is 15.0. The van der Waals surface area contributed by atoms with Gasteiger partial charge in [0.2, 0.25) is 0 Å². The minimum Gasteiger partial charge on any atom is -0.340 e. The highest BCUT2D eigenvalue weighted by Crippen LogP contribution is 2.41. The Kier molecular flexibility index (Phi) is 4.58. The van der Waals surface area contributed by atoms with Crippen molar-refractivity contribution in [3.8, 4) is 0 Å². The van der Waals surface area contributed by atoms with Gasteiger partial charge >= 0.3 is 0 Å². The summed E-state index contributed by atoms with van der Waals surface area (Å²) < 4.78 is 1.97. The van der Waals surface area contributed by atoms with Crippen LogP contribution in [0.15, 0.2) is 6.07 Å². The summed E-state index contributed by atoms with van der Waals surface area (Å²) in [5, 5.41) is 8.70. The van der Waals surface area contributed by atoms with Crippen LogP contribution in [0.2, 0.25) is 0 Å². The Morgan fingerprint density at radius 2 is 2.08 bits per heavy atom. The molecule has 1 aliphatic carbocycles. The first-order valence-electron chi connectivity index (χ1n) is 9.05. The molecule has 2 aromatic heterocycles. The Morgan fingerprint density at radius 1 is 1.40 bits per heavy atom. The largest absolute Gasteiger partial charge is 0.340 e. The first kappa shape index (κ1) is 17.9. The number of carbonyl (C=O) groups is 1. The van der Waals surface area contributed by atoms with Gasteiger partial charge in [-0.15, -0.1) is 0 Å². The molecule has 1 saturated carbocycles. The van der Waals surface area contributed by atoms with Crippen molar-refractivity contribution in [1.29, 1.82) is 0 Å². The number of pyridine rings is 1. The number of hydrogen-bond donors (Lipinski definition) is 1. The van der Waals surface area contributed by atoms with E-state index >= 15 is 0 Å². The van der Waals surface area contributed by atoms with E-state index in [2.05, 4.69) is 26.1 Å². The van der Waals surface area contributed by atoms with Gasteiger partial charge in [-0.1, -0.05) is 0 Å². The molecule has 25 heavy (non-hydrogen) atoms. The number of aryl methyl sites for hydroxylation is 1. The van der Waals surface area contributed by atoms with Gasteiger partial charge in [0.1, 0.15) is 0 Å². The molecule has 1 N–H and O–H groups in total. The minimum absolute atomic E-state index is 0.0427. The van der Waals surface area contributed by atoms with Gasteiger partial charge in [-0.05, 0) is 53.7 Å². The smallest absolute Gasteiger partial charge is 0.254 e. The Bertz CT molecular complexity index is 798. The quantitative estimate of drug-likeness (QED) is 0.906. The van der Waals surface area contributed by atoms with Gasteiger partial charge < -0.3 is 10.2 Å². The van der Waals surface area contributed by atoms with Crippen molar-refractivity contribution in [2.75, 3.05) is 27.2 Å². The maximum Gasteiger partial charge on any atom is 0.254 e. The molecular weight excluding hydrogens is 314 g/mol. The molecule has 136 valence electrons. The molecule has 0 unspecified atom stereocenters. The third-order valence-corrected chi connectivity index (χ3v) is 4.74. The molecule has 6 heteroatoms. The second kappa shape index (κ2) is 6.41. The number of aromatic nitrogens is 3. The lowest BCUT2D eigenvalue weighted by molar-refractivity contribution is 0.0798.